The summed E-state index contributed by atoms with van der Waals surface area (Å²) in [7, 11) is 0. The summed E-state index contributed by atoms with van der Waals surface area (Å²) < 4.78 is 0. The number of nitriles is 1. The Morgan fingerprint density at radius 3 is 3.08 bits per heavy atom. The molecular weight excluding hydrogens is 166 g/mol. The van der Waals surface area contributed by atoms with Crippen molar-refractivity contribution in [2.45, 2.75) is 6.61 Å². The van der Waals surface area contributed by atoms with Gasteiger partial charge in [-0.3, -0.25) is 0 Å². The van der Waals surface area contributed by atoms with E-state index < -0.39 is 0 Å². The summed E-state index contributed by atoms with van der Waals surface area (Å²) >= 11 is 0. The van der Waals surface area contributed by atoms with Crippen molar-refractivity contribution in [1.82, 2.24) is 9.97 Å². The van der Waals surface area contributed by atoms with Gasteiger partial charge in [0.25, 0.3) is 0 Å². The van der Waals surface area contributed by atoms with E-state index in [-0.39, 0.29) is 6.61 Å². The molecule has 1 heterocycles. The van der Waals surface area contributed by atoms with Crippen LogP contribution in [0.5, 0.6) is 0 Å². The molecule has 0 radical (unpaired) electrons. The molecule has 2 aromatic rings. The van der Waals surface area contributed by atoms with Crippen molar-refractivity contribution in [2.75, 3.05) is 0 Å². The minimum Gasteiger partial charge on any atom is -0.392 e. The molecule has 0 spiro atoms. The number of aromatic amines is 1. The van der Waals surface area contributed by atoms with Crippen LogP contribution in [-0.2, 0) is 6.61 Å². The van der Waals surface area contributed by atoms with E-state index in [0.717, 1.165) is 11.0 Å². The maximum absolute atomic E-state index is 9.01. The van der Waals surface area contributed by atoms with Crippen molar-refractivity contribution in [3.05, 3.63) is 29.6 Å². The summed E-state index contributed by atoms with van der Waals surface area (Å²) in [5.74, 6) is 0. The molecule has 0 saturated heterocycles. The Balaban J connectivity index is 2.79. The molecule has 4 heteroatoms. The lowest BCUT2D eigenvalue weighted by molar-refractivity contribution is 0.283. The largest absolute Gasteiger partial charge is 0.392 e. The first-order valence-electron chi connectivity index (χ1n) is 3.82. The number of hydrogen-bond acceptors (Lipinski definition) is 3. The van der Waals surface area contributed by atoms with Crippen LogP contribution in [-0.4, -0.2) is 15.1 Å². The van der Waals surface area contributed by atoms with Gasteiger partial charge in [0.15, 0.2) is 0 Å². The number of aliphatic hydroxyl groups is 1. The smallest absolute Gasteiger partial charge is 0.0992 e. The SMILES string of the molecule is N#Cc1cc(CO)c2nc[nH]c2c1. The molecule has 0 aliphatic rings. The molecule has 0 aliphatic carbocycles. The molecule has 1 aromatic carbocycles. The predicted octanol–water partition coefficient (Wildman–Crippen LogP) is 0.927. The lowest BCUT2D eigenvalue weighted by atomic mass is 10.1. The minimum atomic E-state index is -0.100. The summed E-state index contributed by atoms with van der Waals surface area (Å²) in [5.41, 5.74) is 2.71. The average Bonchev–Trinajstić information content (AvgIpc) is 2.63. The van der Waals surface area contributed by atoms with E-state index in [1.165, 1.54) is 0 Å². The number of nitrogens with zero attached hydrogens (tertiary/aromatic N) is 2. The molecule has 0 bridgehead atoms. The van der Waals surface area contributed by atoms with Crippen LogP contribution < -0.4 is 0 Å². The molecule has 0 fully saturated rings. The maximum atomic E-state index is 9.01. The fourth-order valence-corrected chi connectivity index (χ4v) is 1.31. The fourth-order valence-electron chi connectivity index (χ4n) is 1.31. The van der Waals surface area contributed by atoms with Crippen LogP contribution in [0.4, 0.5) is 0 Å². The van der Waals surface area contributed by atoms with Gasteiger partial charge in [-0.25, -0.2) is 4.98 Å². The monoisotopic (exact) mass is 173 g/mol. The first-order chi connectivity index (χ1) is 6.35. The zero-order valence-corrected chi connectivity index (χ0v) is 6.78. The minimum absolute atomic E-state index is 0.100. The molecular formula is C9H7N3O. The number of imidazole rings is 1. The van der Waals surface area contributed by atoms with Crippen LogP contribution >= 0.6 is 0 Å². The van der Waals surface area contributed by atoms with Crippen molar-refractivity contribution in [1.29, 1.82) is 5.26 Å². The van der Waals surface area contributed by atoms with Gasteiger partial charge in [-0.2, -0.15) is 5.26 Å². The van der Waals surface area contributed by atoms with Gasteiger partial charge in [0.2, 0.25) is 0 Å². The first kappa shape index (κ1) is 7.77. The highest BCUT2D eigenvalue weighted by Crippen LogP contribution is 2.17. The molecule has 2 N–H and O–H groups in total. The van der Waals surface area contributed by atoms with Gasteiger partial charge in [-0.1, -0.05) is 0 Å². The van der Waals surface area contributed by atoms with Crippen LogP contribution in [0.15, 0.2) is 18.5 Å². The Morgan fingerprint density at radius 1 is 1.54 bits per heavy atom. The van der Waals surface area contributed by atoms with Gasteiger partial charge < -0.3 is 10.1 Å². The van der Waals surface area contributed by atoms with Crippen LogP contribution in [0, 0.1) is 11.3 Å². The number of hydrogen-bond donors (Lipinski definition) is 2. The predicted molar refractivity (Wildman–Crippen MR) is 46.7 cm³/mol. The number of fused-ring (bicyclic) bond motifs is 1. The highest BCUT2D eigenvalue weighted by molar-refractivity contribution is 5.79. The topological polar surface area (TPSA) is 72.7 Å². The Bertz CT molecular complexity index is 481. The molecule has 1 aromatic heterocycles. The van der Waals surface area contributed by atoms with Crippen LogP contribution in [0.3, 0.4) is 0 Å². The van der Waals surface area contributed by atoms with Gasteiger partial charge >= 0.3 is 0 Å². The second kappa shape index (κ2) is 2.88. The third kappa shape index (κ3) is 1.15. The van der Waals surface area contributed by atoms with E-state index in [9.17, 15) is 0 Å². The molecule has 0 atom stereocenters. The summed E-state index contributed by atoms with van der Waals surface area (Å²) in [5, 5.41) is 17.7. The van der Waals surface area contributed by atoms with Gasteiger partial charge in [-0.05, 0) is 12.1 Å². The van der Waals surface area contributed by atoms with Crippen molar-refractivity contribution < 1.29 is 5.11 Å². The summed E-state index contributed by atoms with van der Waals surface area (Å²) in [4.78, 5) is 6.94. The number of rotatable bonds is 1. The molecule has 13 heavy (non-hydrogen) atoms. The number of aromatic nitrogens is 2. The van der Waals surface area contributed by atoms with Gasteiger partial charge in [0.05, 0.1) is 35.6 Å². The Hall–Kier alpha value is -1.86. The summed E-state index contributed by atoms with van der Waals surface area (Å²) in [6.45, 7) is -0.100. The highest BCUT2D eigenvalue weighted by Gasteiger charge is 2.04. The standard InChI is InChI=1S/C9H7N3O/c10-3-6-1-7(4-13)9-8(2-6)11-5-12-9/h1-2,5,13H,4H2,(H,11,12). The fraction of sp³-hybridized carbons (Fsp3) is 0.111. The molecule has 0 saturated carbocycles. The highest BCUT2D eigenvalue weighted by atomic mass is 16.3. The van der Waals surface area contributed by atoms with E-state index in [0.29, 0.717) is 11.1 Å². The van der Waals surface area contributed by atoms with Crippen LogP contribution in [0.2, 0.25) is 0 Å². The normalized spacial score (nSPS) is 10.2. The Labute approximate surface area is 74.5 Å². The zero-order valence-electron chi connectivity index (χ0n) is 6.78. The number of aliphatic hydroxyl groups excluding tert-OH is 1. The third-order valence-electron chi connectivity index (χ3n) is 1.90. The second-order valence-electron chi connectivity index (χ2n) is 2.70. The van der Waals surface area contributed by atoms with Crippen molar-refractivity contribution in [3.8, 4) is 6.07 Å². The summed E-state index contributed by atoms with van der Waals surface area (Å²) in [6.07, 6.45) is 1.55. The Morgan fingerprint density at radius 2 is 2.38 bits per heavy atom. The first-order valence-corrected chi connectivity index (χ1v) is 3.82. The van der Waals surface area contributed by atoms with E-state index in [1.807, 2.05) is 6.07 Å². The molecule has 0 unspecified atom stereocenters. The zero-order chi connectivity index (χ0) is 9.26. The van der Waals surface area contributed by atoms with E-state index in [2.05, 4.69) is 9.97 Å². The van der Waals surface area contributed by atoms with Crippen LogP contribution in [0.25, 0.3) is 11.0 Å². The van der Waals surface area contributed by atoms with Crippen LogP contribution in [0.1, 0.15) is 11.1 Å². The molecule has 0 amide bonds. The molecule has 2 rings (SSSR count). The second-order valence-corrected chi connectivity index (χ2v) is 2.70. The lowest BCUT2D eigenvalue weighted by Crippen LogP contribution is -1.87. The van der Waals surface area contributed by atoms with Crippen molar-refractivity contribution in [3.63, 3.8) is 0 Å². The quantitative estimate of drug-likeness (QED) is 0.673. The molecule has 64 valence electrons. The lowest BCUT2D eigenvalue weighted by Gasteiger charge is -1.97. The number of H-pyrrole nitrogens is 1. The molecule has 0 aliphatic heterocycles. The van der Waals surface area contributed by atoms with E-state index in [1.54, 1.807) is 18.5 Å². The van der Waals surface area contributed by atoms with Gasteiger partial charge in [-0.15, -0.1) is 0 Å². The third-order valence-corrected chi connectivity index (χ3v) is 1.90. The number of benzene rings is 1. The van der Waals surface area contributed by atoms with Crippen molar-refractivity contribution in [2.24, 2.45) is 0 Å². The summed E-state index contributed by atoms with van der Waals surface area (Å²) in [6, 6.07) is 5.38. The van der Waals surface area contributed by atoms with Gasteiger partial charge in [0, 0.05) is 5.56 Å². The maximum Gasteiger partial charge on any atom is 0.0992 e. The van der Waals surface area contributed by atoms with Gasteiger partial charge in [0.1, 0.15) is 0 Å². The van der Waals surface area contributed by atoms with E-state index in [4.69, 9.17) is 10.4 Å². The number of nitrogens with one attached hydrogen (secondary N) is 1. The average molecular weight is 173 g/mol. The van der Waals surface area contributed by atoms with E-state index >= 15 is 0 Å². The Kier molecular flexibility index (Phi) is 1.72. The van der Waals surface area contributed by atoms with Crippen molar-refractivity contribution >= 4 is 11.0 Å². The molecule has 4 nitrogen and oxygen atoms in total.